The minimum absolute atomic E-state index is 0.226. The van der Waals surface area contributed by atoms with Crippen LogP contribution in [0.5, 0.6) is 0 Å². The lowest BCUT2D eigenvalue weighted by molar-refractivity contribution is 0.212. The normalized spacial score (nSPS) is 12.8. The lowest BCUT2D eigenvalue weighted by Crippen LogP contribution is -2.30. The molecule has 1 aliphatic rings. The maximum absolute atomic E-state index is 13.9. The van der Waals surface area contributed by atoms with Gasteiger partial charge in [-0.25, -0.2) is 9.18 Å². The Bertz CT molecular complexity index is 972. The van der Waals surface area contributed by atoms with E-state index in [4.69, 9.17) is 0 Å². The Morgan fingerprint density at radius 2 is 1.88 bits per heavy atom. The van der Waals surface area contributed by atoms with Crippen molar-refractivity contribution in [2.24, 2.45) is 0 Å². The van der Waals surface area contributed by atoms with Crippen molar-refractivity contribution < 1.29 is 9.18 Å². The SMILES string of the molecule is Cc1ccc(-c2ccncc2)cc1NC(=O)N1Cc2cccc(F)c2C1. The summed E-state index contributed by atoms with van der Waals surface area (Å²) >= 11 is 0. The van der Waals surface area contributed by atoms with Crippen LogP contribution in [-0.2, 0) is 13.1 Å². The second kappa shape index (κ2) is 6.59. The number of rotatable bonds is 2. The van der Waals surface area contributed by atoms with Gasteiger partial charge in [0, 0.05) is 30.2 Å². The fourth-order valence-electron chi connectivity index (χ4n) is 3.20. The number of aryl methyl sites for hydroxylation is 1. The number of urea groups is 1. The standard InChI is InChI=1S/C21H18FN3O/c1-14-5-6-16(15-7-9-23-10-8-15)11-20(14)24-21(26)25-12-17-3-2-4-19(22)18(17)13-25/h2-11H,12-13H2,1H3,(H,24,26). The van der Waals surface area contributed by atoms with Crippen LogP contribution in [0, 0.1) is 12.7 Å². The summed E-state index contributed by atoms with van der Waals surface area (Å²) in [5, 5.41) is 2.97. The first kappa shape index (κ1) is 16.3. The van der Waals surface area contributed by atoms with Crippen LogP contribution in [0.4, 0.5) is 14.9 Å². The van der Waals surface area contributed by atoms with Gasteiger partial charge in [-0.15, -0.1) is 0 Å². The minimum Gasteiger partial charge on any atom is -0.316 e. The van der Waals surface area contributed by atoms with Crippen LogP contribution in [0.3, 0.4) is 0 Å². The molecular weight excluding hydrogens is 329 g/mol. The molecule has 0 radical (unpaired) electrons. The number of hydrogen-bond donors (Lipinski definition) is 1. The van der Waals surface area contributed by atoms with E-state index >= 15 is 0 Å². The Morgan fingerprint density at radius 3 is 2.65 bits per heavy atom. The lowest BCUT2D eigenvalue weighted by Gasteiger charge is -2.18. The maximum Gasteiger partial charge on any atom is 0.322 e. The molecule has 1 N–H and O–H groups in total. The smallest absolute Gasteiger partial charge is 0.316 e. The fourth-order valence-corrected chi connectivity index (χ4v) is 3.20. The molecule has 2 aromatic carbocycles. The van der Waals surface area contributed by atoms with Crippen LogP contribution >= 0.6 is 0 Å². The molecular formula is C21H18FN3O. The van der Waals surface area contributed by atoms with Crippen molar-refractivity contribution in [3.05, 3.63) is 83.4 Å². The van der Waals surface area contributed by atoms with Gasteiger partial charge in [0.05, 0.1) is 6.54 Å². The molecule has 4 rings (SSSR count). The van der Waals surface area contributed by atoms with E-state index in [1.54, 1.807) is 23.4 Å². The Labute approximate surface area is 151 Å². The Hall–Kier alpha value is -3.21. The van der Waals surface area contributed by atoms with Crippen molar-refractivity contribution >= 4 is 11.7 Å². The molecule has 26 heavy (non-hydrogen) atoms. The van der Waals surface area contributed by atoms with E-state index < -0.39 is 0 Å². The Morgan fingerprint density at radius 1 is 1.08 bits per heavy atom. The number of fused-ring (bicyclic) bond motifs is 1. The molecule has 0 atom stereocenters. The average molecular weight is 347 g/mol. The van der Waals surface area contributed by atoms with E-state index in [0.29, 0.717) is 12.1 Å². The summed E-state index contributed by atoms with van der Waals surface area (Å²) in [6, 6.07) is 14.5. The largest absolute Gasteiger partial charge is 0.322 e. The molecule has 0 spiro atoms. The molecule has 3 aromatic rings. The number of nitrogens with one attached hydrogen (secondary N) is 1. The van der Waals surface area contributed by atoms with Gasteiger partial charge >= 0.3 is 6.03 Å². The van der Waals surface area contributed by atoms with Crippen molar-refractivity contribution in [2.75, 3.05) is 5.32 Å². The second-order valence-electron chi connectivity index (χ2n) is 6.43. The molecule has 1 aliphatic heterocycles. The van der Waals surface area contributed by atoms with Crippen molar-refractivity contribution in [3.63, 3.8) is 0 Å². The molecule has 1 aromatic heterocycles. The third-order valence-corrected chi connectivity index (χ3v) is 4.71. The molecule has 0 saturated carbocycles. The van der Waals surface area contributed by atoms with Gasteiger partial charge in [-0.3, -0.25) is 4.98 Å². The van der Waals surface area contributed by atoms with Gasteiger partial charge in [0.15, 0.2) is 0 Å². The van der Waals surface area contributed by atoms with E-state index in [1.807, 2.05) is 43.3 Å². The molecule has 0 bridgehead atoms. The van der Waals surface area contributed by atoms with Gasteiger partial charge < -0.3 is 10.2 Å². The van der Waals surface area contributed by atoms with Crippen molar-refractivity contribution in [3.8, 4) is 11.1 Å². The highest BCUT2D eigenvalue weighted by molar-refractivity contribution is 5.91. The third-order valence-electron chi connectivity index (χ3n) is 4.71. The number of halogens is 1. The minimum atomic E-state index is -0.256. The zero-order chi connectivity index (χ0) is 18.1. The quantitative estimate of drug-likeness (QED) is 0.727. The monoisotopic (exact) mass is 347 g/mol. The highest BCUT2D eigenvalue weighted by atomic mass is 19.1. The van der Waals surface area contributed by atoms with Gasteiger partial charge in [0.25, 0.3) is 0 Å². The molecule has 4 nitrogen and oxygen atoms in total. The molecule has 2 heterocycles. The third kappa shape index (κ3) is 3.04. The summed E-state index contributed by atoms with van der Waals surface area (Å²) in [4.78, 5) is 18.3. The van der Waals surface area contributed by atoms with Crippen LogP contribution in [0.2, 0.25) is 0 Å². The summed E-state index contributed by atoms with van der Waals surface area (Å²) < 4.78 is 13.9. The van der Waals surface area contributed by atoms with Crippen molar-refractivity contribution in [1.82, 2.24) is 9.88 Å². The van der Waals surface area contributed by atoms with Crippen LogP contribution in [0.1, 0.15) is 16.7 Å². The fraction of sp³-hybridized carbons (Fsp3) is 0.143. The highest BCUT2D eigenvalue weighted by Gasteiger charge is 2.25. The highest BCUT2D eigenvalue weighted by Crippen LogP contribution is 2.28. The summed E-state index contributed by atoms with van der Waals surface area (Å²) in [6.07, 6.45) is 3.48. The molecule has 0 aliphatic carbocycles. The lowest BCUT2D eigenvalue weighted by atomic mass is 10.0. The average Bonchev–Trinajstić information content (AvgIpc) is 3.10. The van der Waals surface area contributed by atoms with E-state index in [2.05, 4.69) is 10.3 Å². The number of pyridine rings is 1. The number of benzene rings is 2. The van der Waals surface area contributed by atoms with Crippen LogP contribution in [0.15, 0.2) is 60.9 Å². The van der Waals surface area contributed by atoms with E-state index in [0.717, 1.165) is 27.9 Å². The number of carbonyl (C=O) groups excluding carboxylic acids is 1. The first-order chi connectivity index (χ1) is 12.6. The molecule has 0 fully saturated rings. The Balaban J connectivity index is 1.54. The number of aromatic nitrogens is 1. The zero-order valence-corrected chi connectivity index (χ0v) is 14.4. The van der Waals surface area contributed by atoms with Gasteiger partial charge in [-0.1, -0.05) is 24.3 Å². The number of carbonyl (C=O) groups is 1. The number of anilines is 1. The predicted molar refractivity (Wildman–Crippen MR) is 99.1 cm³/mol. The Kier molecular flexibility index (Phi) is 4.13. The van der Waals surface area contributed by atoms with E-state index in [9.17, 15) is 9.18 Å². The summed E-state index contributed by atoms with van der Waals surface area (Å²) in [5.74, 6) is -0.256. The molecule has 2 amide bonds. The van der Waals surface area contributed by atoms with E-state index in [1.165, 1.54) is 6.07 Å². The van der Waals surface area contributed by atoms with Gasteiger partial charge in [0.1, 0.15) is 5.82 Å². The summed E-state index contributed by atoms with van der Waals surface area (Å²) in [6.45, 7) is 2.66. The topological polar surface area (TPSA) is 45.2 Å². The zero-order valence-electron chi connectivity index (χ0n) is 14.4. The number of hydrogen-bond acceptors (Lipinski definition) is 2. The van der Waals surface area contributed by atoms with E-state index in [-0.39, 0.29) is 18.4 Å². The second-order valence-corrected chi connectivity index (χ2v) is 6.43. The van der Waals surface area contributed by atoms with Crippen LogP contribution in [0.25, 0.3) is 11.1 Å². The van der Waals surface area contributed by atoms with Gasteiger partial charge in [-0.2, -0.15) is 0 Å². The first-order valence-corrected chi connectivity index (χ1v) is 8.45. The molecule has 0 saturated heterocycles. The van der Waals surface area contributed by atoms with Gasteiger partial charge in [-0.05, 0) is 53.4 Å². The van der Waals surface area contributed by atoms with Crippen LogP contribution in [-0.4, -0.2) is 15.9 Å². The summed E-state index contributed by atoms with van der Waals surface area (Å²) in [5.41, 5.74) is 5.22. The van der Waals surface area contributed by atoms with Crippen molar-refractivity contribution in [1.29, 1.82) is 0 Å². The number of amides is 2. The van der Waals surface area contributed by atoms with Gasteiger partial charge in [0.2, 0.25) is 0 Å². The molecule has 0 unspecified atom stereocenters. The summed E-state index contributed by atoms with van der Waals surface area (Å²) in [7, 11) is 0. The molecule has 5 heteroatoms. The maximum atomic E-state index is 13.9. The predicted octanol–water partition coefficient (Wildman–Crippen LogP) is 4.74. The first-order valence-electron chi connectivity index (χ1n) is 8.45. The molecule has 130 valence electrons. The van der Waals surface area contributed by atoms with Crippen molar-refractivity contribution in [2.45, 2.75) is 20.0 Å². The van der Waals surface area contributed by atoms with Crippen LogP contribution < -0.4 is 5.32 Å². The number of nitrogens with zero attached hydrogens (tertiary/aromatic N) is 2.